The van der Waals surface area contributed by atoms with Crippen molar-refractivity contribution in [2.24, 2.45) is 0 Å². The van der Waals surface area contributed by atoms with Crippen LogP contribution in [0.25, 0.3) is 11.6 Å². The van der Waals surface area contributed by atoms with Gasteiger partial charge < -0.3 is 15.6 Å². The monoisotopic (exact) mass is 561 g/mol. The molecule has 0 atom stereocenters. The maximum atomic E-state index is 13.1. The summed E-state index contributed by atoms with van der Waals surface area (Å²) in [5.41, 5.74) is 6.63. The van der Waals surface area contributed by atoms with Crippen molar-refractivity contribution in [3.63, 3.8) is 0 Å². The number of aryl methyl sites for hydroxylation is 1. The molecule has 0 bridgehead atoms. The Labute approximate surface area is 226 Å². The van der Waals surface area contributed by atoms with Gasteiger partial charge in [-0.05, 0) is 49.2 Å². The van der Waals surface area contributed by atoms with Gasteiger partial charge in [0.05, 0.1) is 11.1 Å². The number of fused-ring (bicyclic) bond motifs is 1. The Morgan fingerprint density at radius 2 is 1.78 bits per heavy atom. The summed E-state index contributed by atoms with van der Waals surface area (Å²) in [6.45, 7) is 10.3. The maximum absolute atomic E-state index is 13.1. The zero-order valence-corrected chi connectivity index (χ0v) is 22.8. The number of benzene rings is 2. The molecular weight excluding hydrogens is 530 g/mol. The van der Waals surface area contributed by atoms with Crippen molar-refractivity contribution in [3.8, 4) is 0 Å². The molecule has 0 spiro atoms. The van der Waals surface area contributed by atoms with Crippen molar-refractivity contribution < 1.29 is 9.59 Å². The molecule has 2 aliphatic heterocycles. The Bertz CT molecular complexity index is 1340. The third-order valence-corrected chi connectivity index (χ3v) is 7.68. The highest BCUT2D eigenvalue weighted by Crippen LogP contribution is 2.35. The fourth-order valence-electron chi connectivity index (χ4n) is 5.14. The standard InChI is InChI=1S/C29H32BrN5O2/c1-19-26(17-24-23-16-22(30)8-9-25(23)33-28(24)36)32-20(2)27(19)29(37)31-10-11-34-12-14-35(15-13-34)18-21-6-4-3-5-7-21/h3-9,16-17,32H,10-15,18H2,1-2H3,(H,31,37)(H,33,36). The third kappa shape index (κ3) is 5.71. The zero-order chi connectivity index (χ0) is 25.9. The number of piperazine rings is 1. The number of aromatic amines is 1. The summed E-state index contributed by atoms with van der Waals surface area (Å²) in [6, 6.07) is 16.3. The number of nitrogens with one attached hydrogen (secondary N) is 3. The smallest absolute Gasteiger partial charge is 0.256 e. The van der Waals surface area contributed by atoms with Crippen molar-refractivity contribution >= 4 is 45.1 Å². The number of carbonyl (C=O) groups is 2. The van der Waals surface area contributed by atoms with E-state index in [2.05, 4.69) is 71.7 Å². The van der Waals surface area contributed by atoms with Crippen molar-refractivity contribution in [1.82, 2.24) is 20.1 Å². The number of anilines is 1. The van der Waals surface area contributed by atoms with E-state index >= 15 is 0 Å². The van der Waals surface area contributed by atoms with E-state index in [0.29, 0.717) is 17.7 Å². The number of aromatic nitrogens is 1. The van der Waals surface area contributed by atoms with Crippen LogP contribution in [0.3, 0.4) is 0 Å². The second-order valence-corrected chi connectivity index (χ2v) is 10.6. The summed E-state index contributed by atoms with van der Waals surface area (Å²) in [4.78, 5) is 33.9. The number of nitrogens with zero attached hydrogens (tertiary/aromatic N) is 2. The lowest BCUT2D eigenvalue weighted by atomic mass is 10.0. The van der Waals surface area contributed by atoms with Gasteiger partial charge in [0.1, 0.15) is 0 Å². The lowest BCUT2D eigenvalue weighted by Gasteiger charge is -2.34. The average Bonchev–Trinajstić information content (AvgIpc) is 3.35. The molecule has 2 aliphatic rings. The molecule has 192 valence electrons. The van der Waals surface area contributed by atoms with E-state index in [4.69, 9.17) is 0 Å². The predicted octanol–water partition coefficient (Wildman–Crippen LogP) is 4.43. The van der Waals surface area contributed by atoms with Gasteiger partial charge in [0, 0.05) is 72.9 Å². The number of hydrogen-bond acceptors (Lipinski definition) is 4. The summed E-state index contributed by atoms with van der Waals surface area (Å²) >= 11 is 3.48. The number of rotatable bonds is 7. The fourth-order valence-corrected chi connectivity index (χ4v) is 5.50. The quantitative estimate of drug-likeness (QED) is 0.373. The van der Waals surface area contributed by atoms with Crippen LogP contribution in [0.2, 0.25) is 0 Å². The van der Waals surface area contributed by atoms with Crippen molar-refractivity contribution in [2.45, 2.75) is 20.4 Å². The van der Waals surface area contributed by atoms with Crippen LogP contribution in [0.15, 0.2) is 53.0 Å². The van der Waals surface area contributed by atoms with E-state index in [-0.39, 0.29) is 11.8 Å². The second-order valence-electron chi connectivity index (χ2n) is 9.73. The van der Waals surface area contributed by atoms with Crippen LogP contribution < -0.4 is 10.6 Å². The van der Waals surface area contributed by atoms with Gasteiger partial charge in [0.15, 0.2) is 0 Å². The molecule has 7 nitrogen and oxygen atoms in total. The van der Waals surface area contributed by atoms with Gasteiger partial charge in [0.2, 0.25) is 0 Å². The highest BCUT2D eigenvalue weighted by Gasteiger charge is 2.26. The Balaban J connectivity index is 1.17. The molecule has 1 aromatic heterocycles. The number of carbonyl (C=O) groups excluding carboxylic acids is 2. The molecule has 0 unspecified atom stereocenters. The molecule has 1 fully saturated rings. The molecule has 2 amide bonds. The first-order valence-corrected chi connectivity index (χ1v) is 13.5. The van der Waals surface area contributed by atoms with Gasteiger partial charge in [-0.1, -0.05) is 46.3 Å². The van der Waals surface area contributed by atoms with E-state index in [1.165, 1.54) is 5.56 Å². The van der Waals surface area contributed by atoms with Gasteiger partial charge in [0.25, 0.3) is 11.8 Å². The Morgan fingerprint density at radius 3 is 2.54 bits per heavy atom. The topological polar surface area (TPSA) is 80.5 Å². The van der Waals surface area contributed by atoms with Crippen LogP contribution in [0, 0.1) is 13.8 Å². The van der Waals surface area contributed by atoms with Gasteiger partial charge >= 0.3 is 0 Å². The number of amides is 2. The van der Waals surface area contributed by atoms with E-state index in [9.17, 15) is 9.59 Å². The molecule has 0 saturated carbocycles. The van der Waals surface area contributed by atoms with E-state index < -0.39 is 0 Å². The summed E-state index contributed by atoms with van der Waals surface area (Å²) in [7, 11) is 0. The summed E-state index contributed by atoms with van der Waals surface area (Å²) < 4.78 is 0.908. The Morgan fingerprint density at radius 1 is 1.05 bits per heavy atom. The molecule has 3 heterocycles. The van der Waals surface area contributed by atoms with Crippen LogP contribution in [-0.2, 0) is 11.3 Å². The molecule has 5 rings (SSSR count). The van der Waals surface area contributed by atoms with Gasteiger partial charge in [-0.25, -0.2) is 0 Å². The summed E-state index contributed by atoms with van der Waals surface area (Å²) in [5.74, 6) is -0.229. The number of H-pyrrole nitrogens is 1. The SMILES string of the molecule is Cc1[nH]c(C=C2C(=O)Nc3ccc(Br)cc32)c(C)c1C(=O)NCCN1CCN(Cc2ccccc2)CC1. The third-order valence-electron chi connectivity index (χ3n) is 7.18. The highest BCUT2D eigenvalue weighted by molar-refractivity contribution is 9.10. The minimum Gasteiger partial charge on any atom is -0.358 e. The van der Waals surface area contributed by atoms with Crippen LogP contribution in [0.4, 0.5) is 5.69 Å². The van der Waals surface area contributed by atoms with E-state index in [1.807, 2.05) is 38.1 Å². The zero-order valence-electron chi connectivity index (χ0n) is 21.2. The molecular formula is C29H32BrN5O2. The normalized spacial score (nSPS) is 17.2. The molecule has 0 aliphatic carbocycles. The molecule has 8 heteroatoms. The van der Waals surface area contributed by atoms with E-state index in [1.54, 1.807) is 0 Å². The fraction of sp³-hybridized carbons (Fsp3) is 0.310. The second kappa shape index (κ2) is 11.0. The van der Waals surface area contributed by atoms with Crippen molar-refractivity contribution in [3.05, 3.63) is 86.6 Å². The molecule has 3 aromatic rings. The van der Waals surface area contributed by atoms with Gasteiger partial charge in [-0.15, -0.1) is 0 Å². The highest BCUT2D eigenvalue weighted by atomic mass is 79.9. The van der Waals surface area contributed by atoms with E-state index in [0.717, 1.165) is 71.9 Å². The molecule has 3 N–H and O–H groups in total. The Kier molecular flexibility index (Phi) is 7.60. The maximum Gasteiger partial charge on any atom is 0.256 e. The van der Waals surface area contributed by atoms with Gasteiger partial charge in [-0.3, -0.25) is 19.4 Å². The molecule has 0 radical (unpaired) electrons. The van der Waals surface area contributed by atoms with Crippen LogP contribution >= 0.6 is 15.9 Å². The largest absolute Gasteiger partial charge is 0.358 e. The van der Waals surface area contributed by atoms with Crippen LogP contribution in [0.5, 0.6) is 0 Å². The minimum absolute atomic E-state index is 0.0855. The molecule has 37 heavy (non-hydrogen) atoms. The van der Waals surface area contributed by atoms with Crippen molar-refractivity contribution in [1.29, 1.82) is 0 Å². The first-order valence-electron chi connectivity index (χ1n) is 12.7. The van der Waals surface area contributed by atoms with Gasteiger partial charge in [-0.2, -0.15) is 0 Å². The number of halogens is 1. The van der Waals surface area contributed by atoms with Crippen LogP contribution in [0.1, 0.15) is 38.4 Å². The molecule has 1 saturated heterocycles. The first kappa shape index (κ1) is 25.4. The minimum atomic E-state index is -0.144. The molecule has 2 aromatic carbocycles. The Hall–Kier alpha value is -3.20. The lowest BCUT2D eigenvalue weighted by Crippen LogP contribution is -2.48. The first-order chi connectivity index (χ1) is 17.9. The summed E-state index contributed by atoms with van der Waals surface area (Å²) in [6.07, 6.45) is 1.83. The summed E-state index contributed by atoms with van der Waals surface area (Å²) in [5, 5.41) is 6.00. The van der Waals surface area contributed by atoms with Crippen molar-refractivity contribution in [2.75, 3.05) is 44.6 Å². The lowest BCUT2D eigenvalue weighted by molar-refractivity contribution is -0.110. The van der Waals surface area contributed by atoms with Crippen LogP contribution in [-0.4, -0.2) is 65.9 Å². The predicted molar refractivity (Wildman–Crippen MR) is 151 cm³/mol. The average molecular weight is 563 g/mol. The number of hydrogen-bond donors (Lipinski definition) is 3.